The Balaban J connectivity index is -0.000000400. The quantitative estimate of drug-likeness (QED) is 0.318. The van der Waals surface area contributed by atoms with Crippen LogP contribution >= 0.6 is 0 Å². The first-order chi connectivity index (χ1) is 9.30. The maximum atomic E-state index is 9.07. The van der Waals surface area contributed by atoms with Gasteiger partial charge in [0.05, 0.1) is 25.0 Å². The second-order valence-electron chi connectivity index (χ2n) is 4.45. The van der Waals surface area contributed by atoms with Gasteiger partial charge in [-0.3, -0.25) is 0 Å². The first kappa shape index (κ1) is 31.6. The third-order valence-electron chi connectivity index (χ3n) is 3.19. The summed E-state index contributed by atoms with van der Waals surface area (Å²) in [5.41, 5.74) is 1.43. The number of rotatable bonds is 5. The molecule has 5 nitrogen and oxygen atoms in total. The fourth-order valence-corrected chi connectivity index (χ4v) is 2.36. The molecule has 1 heterocycles. The van der Waals surface area contributed by atoms with Crippen molar-refractivity contribution in [1.82, 2.24) is 0 Å². The van der Waals surface area contributed by atoms with Crippen molar-refractivity contribution in [3.8, 4) is 11.5 Å². The summed E-state index contributed by atoms with van der Waals surface area (Å²) in [4.78, 5) is 5.56. The summed E-state index contributed by atoms with van der Waals surface area (Å²) in [6.45, 7) is 7.03. The van der Waals surface area contributed by atoms with Crippen LogP contribution in [0.3, 0.4) is 0 Å². The predicted octanol–water partition coefficient (Wildman–Crippen LogP) is -8.42. The van der Waals surface area contributed by atoms with Crippen LogP contribution in [-0.2, 0) is 19.5 Å². The Morgan fingerprint density at radius 1 is 0.958 bits per heavy atom. The molecule has 1 aromatic carbocycles. The van der Waals surface area contributed by atoms with Gasteiger partial charge in [0, 0.05) is 19.2 Å². The fraction of sp³-hybridized carbons (Fsp3) is 0.571. The normalized spacial score (nSPS) is 11.3. The standard InChI is InChI=1S/C14H20N3O2.4ClH.Zn/c1-3-18-13-10-12(17-7-5-6-8-17)14(19-4-2)9-11(13)16-15;;;;;/h9-10H,3-8H2,1-2H3;4*1H;/q+1;;;;;+2/p-4. The van der Waals surface area contributed by atoms with E-state index in [4.69, 9.17) is 14.9 Å². The molecule has 0 atom stereocenters. The molecule has 0 aliphatic carbocycles. The van der Waals surface area contributed by atoms with Gasteiger partial charge in [0.2, 0.25) is 11.1 Å². The molecule has 2 rings (SSSR count). The van der Waals surface area contributed by atoms with E-state index in [1.165, 1.54) is 12.8 Å². The molecule has 1 saturated heterocycles. The van der Waals surface area contributed by atoms with E-state index in [0.717, 1.165) is 24.5 Å². The second-order valence-corrected chi connectivity index (χ2v) is 4.45. The monoisotopic (exact) mass is 466 g/mol. The van der Waals surface area contributed by atoms with Crippen molar-refractivity contribution >= 4 is 11.4 Å². The molecule has 1 aliphatic rings. The molecule has 0 radical (unpaired) electrons. The summed E-state index contributed by atoms with van der Waals surface area (Å²) in [6.07, 6.45) is 2.39. The first-order valence-electron chi connectivity index (χ1n) is 6.83. The Morgan fingerprint density at radius 3 is 1.92 bits per heavy atom. The first-order valence-corrected chi connectivity index (χ1v) is 6.83. The Morgan fingerprint density at radius 2 is 1.46 bits per heavy atom. The van der Waals surface area contributed by atoms with E-state index in [-0.39, 0.29) is 69.1 Å². The zero-order valence-electron chi connectivity index (χ0n) is 13.8. The molecule has 0 amide bonds. The van der Waals surface area contributed by atoms with Crippen LogP contribution in [-0.4, -0.2) is 26.3 Å². The van der Waals surface area contributed by atoms with Gasteiger partial charge in [0.25, 0.3) is 0 Å². The largest absolute Gasteiger partial charge is 2.00 e. The van der Waals surface area contributed by atoms with Crippen LogP contribution in [0.1, 0.15) is 26.7 Å². The molecule has 134 valence electrons. The van der Waals surface area contributed by atoms with Gasteiger partial charge in [0.15, 0.2) is 10.7 Å². The molecule has 24 heavy (non-hydrogen) atoms. The summed E-state index contributed by atoms with van der Waals surface area (Å²) in [6, 6.07) is 3.65. The van der Waals surface area contributed by atoms with Crippen molar-refractivity contribution in [2.75, 3.05) is 31.2 Å². The summed E-state index contributed by atoms with van der Waals surface area (Å²) in [7, 11) is 0. The van der Waals surface area contributed by atoms with Gasteiger partial charge in [0.1, 0.15) is 0 Å². The van der Waals surface area contributed by atoms with Gasteiger partial charge >= 0.3 is 25.2 Å². The van der Waals surface area contributed by atoms with E-state index in [1.54, 1.807) is 6.07 Å². The van der Waals surface area contributed by atoms with Crippen LogP contribution in [0.4, 0.5) is 11.4 Å². The average Bonchev–Trinajstić information content (AvgIpc) is 2.94. The summed E-state index contributed by atoms with van der Waals surface area (Å²) in [5, 5.41) is 9.07. The number of hydrogen-bond donors (Lipinski definition) is 0. The van der Waals surface area contributed by atoms with Gasteiger partial charge in [-0.05, 0) is 26.7 Å². The van der Waals surface area contributed by atoms with E-state index in [1.807, 2.05) is 19.9 Å². The maximum Gasteiger partial charge on any atom is 2.00 e. The molecule has 1 fully saturated rings. The average molecular weight is 470 g/mol. The molecule has 0 spiro atoms. The predicted molar refractivity (Wildman–Crippen MR) is 75.0 cm³/mol. The number of benzene rings is 1. The molecule has 0 unspecified atom stereocenters. The summed E-state index contributed by atoms with van der Waals surface area (Å²) < 4.78 is 11.2. The number of diazo groups is 1. The van der Waals surface area contributed by atoms with Crippen molar-refractivity contribution in [1.29, 1.82) is 5.39 Å². The number of ether oxygens (including phenoxy) is 2. The van der Waals surface area contributed by atoms with Crippen LogP contribution in [0, 0.1) is 5.39 Å². The SMILES string of the molecule is CCOc1cc(N2CCCC2)c(OCC)cc1[N+]#N.[Cl-].[Cl-].[Cl-].[Cl-].[Zn+2]. The minimum atomic E-state index is 0. The van der Waals surface area contributed by atoms with Crippen LogP contribution < -0.4 is 64.0 Å². The Bertz CT molecular complexity index is 498. The smallest absolute Gasteiger partial charge is 1.00 e. The Kier molecular flexibility index (Phi) is 21.4. The second kappa shape index (κ2) is 16.3. The van der Waals surface area contributed by atoms with E-state index >= 15 is 0 Å². The fourth-order valence-electron chi connectivity index (χ4n) is 2.36. The van der Waals surface area contributed by atoms with Gasteiger partial charge < -0.3 is 64.0 Å². The number of anilines is 1. The molecule has 1 aliphatic heterocycles. The molecular formula is C14H20Cl4N3O2Zn-. The van der Waals surface area contributed by atoms with Crippen LogP contribution in [0.25, 0.3) is 4.98 Å². The molecule has 0 aromatic heterocycles. The molecule has 0 bridgehead atoms. The summed E-state index contributed by atoms with van der Waals surface area (Å²) >= 11 is 0. The minimum absolute atomic E-state index is 0. The van der Waals surface area contributed by atoms with Gasteiger partial charge in [-0.15, -0.1) is 0 Å². The van der Waals surface area contributed by atoms with Crippen LogP contribution in [0.5, 0.6) is 11.5 Å². The van der Waals surface area contributed by atoms with Crippen molar-refractivity contribution in [3.05, 3.63) is 17.1 Å². The van der Waals surface area contributed by atoms with Gasteiger partial charge in [-0.2, -0.15) is 0 Å². The van der Waals surface area contributed by atoms with Crippen molar-refractivity contribution in [2.45, 2.75) is 26.7 Å². The van der Waals surface area contributed by atoms with Crippen molar-refractivity contribution in [3.63, 3.8) is 0 Å². The third-order valence-corrected chi connectivity index (χ3v) is 3.19. The maximum absolute atomic E-state index is 9.07. The Hall–Kier alpha value is -0.177. The topological polar surface area (TPSA) is 49.9 Å². The Labute approximate surface area is 181 Å². The number of halogens is 4. The molecule has 1 aromatic rings. The summed E-state index contributed by atoms with van der Waals surface area (Å²) in [5.74, 6) is 1.34. The van der Waals surface area contributed by atoms with Gasteiger partial charge in [-0.1, -0.05) is 0 Å². The molecular weight excluding hydrogens is 449 g/mol. The molecule has 0 N–H and O–H groups in total. The van der Waals surface area contributed by atoms with Gasteiger partial charge in [-0.25, -0.2) is 0 Å². The third kappa shape index (κ3) is 7.80. The van der Waals surface area contributed by atoms with Crippen LogP contribution in [0.15, 0.2) is 12.1 Å². The zero-order chi connectivity index (χ0) is 13.7. The van der Waals surface area contributed by atoms with Crippen molar-refractivity contribution < 1.29 is 78.6 Å². The van der Waals surface area contributed by atoms with E-state index in [2.05, 4.69) is 9.88 Å². The minimum Gasteiger partial charge on any atom is -1.00 e. The van der Waals surface area contributed by atoms with E-state index in [9.17, 15) is 0 Å². The zero-order valence-corrected chi connectivity index (χ0v) is 19.8. The molecule has 0 saturated carbocycles. The van der Waals surface area contributed by atoms with E-state index < -0.39 is 0 Å². The number of nitrogens with zero attached hydrogens (tertiary/aromatic N) is 3. The van der Waals surface area contributed by atoms with E-state index in [0.29, 0.717) is 24.7 Å². The van der Waals surface area contributed by atoms with Crippen LogP contribution in [0.2, 0.25) is 0 Å². The molecule has 10 heteroatoms. The number of hydrogen-bond acceptors (Lipinski definition) is 4. The van der Waals surface area contributed by atoms with Crippen molar-refractivity contribution in [2.24, 2.45) is 0 Å².